The fourth-order valence-electron chi connectivity index (χ4n) is 12.8. The van der Waals surface area contributed by atoms with Gasteiger partial charge in [0.1, 0.15) is 42.3 Å². The summed E-state index contributed by atoms with van der Waals surface area (Å²) in [6.07, 6.45) is 11.8. The maximum atomic E-state index is 7.98. The minimum atomic E-state index is -2.48. The number of hydrogen-bond donors (Lipinski definition) is 0. The van der Waals surface area contributed by atoms with Gasteiger partial charge in [0, 0.05) is 121 Å². The van der Waals surface area contributed by atoms with Crippen LogP contribution in [-0.2, 0) is 74.3 Å². The van der Waals surface area contributed by atoms with Crippen molar-refractivity contribution in [1.29, 1.82) is 0 Å². The zero-order valence-electron chi connectivity index (χ0n) is 77.1. The van der Waals surface area contributed by atoms with Crippen molar-refractivity contribution >= 4 is 0 Å². The first kappa shape index (κ1) is 61.1. The maximum absolute atomic E-state index is 7.98. The van der Waals surface area contributed by atoms with Gasteiger partial charge in [0.05, 0.1) is 0 Å². The Morgan fingerprint density at radius 3 is 0.733 bits per heavy atom. The van der Waals surface area contributed by atoms with Gasteiger partial charge in [-0.1, -0.05) is 144 Å². The molecule has 12 aromatic rings. The highest BCUT2D eigenvalue weighted by molar-refractivity contribution is 5.66. The third-order valence-corrected chi connectivity index (χ3v) is 19.0. The Balaban J connectivity index is 0.000000190. The molecule has 6 heterocycles. The molecule has 6 heteroatoms. The molecule has 0 amide bonds. The van der Waals surface area contributed by atoms with Crippen LogP contribution in [0.1, 0.15) is 153 Å². The second-order valence-corrected chi connectivity index (χ2v) is 26.4. The Morgan fingerprint density at radius 1 is 0.228 bits per heavy atom. The van der Waals surface area contributed by atoms with E-state index < -0.39 is 33.3 Å². The Bertz CT molecular complexity index is 5130. The average molecular weight is 1360 g/mol. The average Bonchev–Trinajstić information content (AvgIpc) is 0.770. The number of pyridine rings is 6. The standard InChI is InChI=1S/5C16H20N.C15H18N/c2*1-5-14-10-16(17(4)11-13(14)3)15-9-7-6-8-12(15)2;3*1-5-14-11-17(4)16(10-13(14)3)15-9-7-6-8-12(15)2;1-11-7-5-6-8-14(11)15-9-12(2)13(3)10-16(15)4/h5*6-11H,5H2,1-4H3;5-10H,1-4H3/q6*+1/i3D3,5D2;;5D2;;;2D3,3D3. The summed E-state index contributed by atoms with van der Waals surface area (Å²) in [4.78, 5) is 0. The van der Waals surface area contributed by atoms with E-state index in [9.17, 15) is 0 Å². The first-order valence-electron chi connectivity index (χ1n) is 41.7. The van der Waals surface area contributed by atoms with E-state index in [0.29, 0.717) is 5.69 Å². The van der Waals surface area contributed by atoms with Crippen LogP contribution >= 0.6 is 0 Å². The molecule has 0 atom stereocenters. The Hall–Kier alpha value is -9.78. The van der Waals surface area contributed by atoms with Gasteiger partial charge in [0.25, 0.3) is 0 Å². The molecule has 0 N–H and O–H groups in total. The highest BCUT2D eigenvalue weighted by Gasteiger charge is 2.20. The first-order valence-corrected chi connectivity index (χ1v) is 35.2. The Morgan fingerprint density at radius 2 is 0.455 bits per heavy atom. The van der Waals surface area contributed by atoms with E-state index in [-0.39, 0.29) is 22.3 Å². The molecule has 0 aliphatic heterocycles. The van der Waals surface area contributed by atoms with Gasteiger partial charge in [-0.3, -0.25) is 0 Å². The SMILES string of the molecule is CCc1c[n+](C)c(-c2ccccc2C)cc1C.CCc1c[n+](C)c(-c2ccccc2C)cc1C.CCc1cc(-c2ccccc2C)[n+](C)cc1C.[2H]C([2H])(C)c1c[n+](C)c(-c2ccccc2C)cc1C.[2H]C([2H])([2H])c1c[n+](C)c(-c2ccccc2C)cc1C([2H])([2H])C.[2H]C([2H])([2H])c1cc(-c2ccccc2C)[n+](C)cc1C([2H])([2H])[2H]. The summed E-state index contributed by atoms with van der Waals surface area (Å²) in [5.41, 5.74) is 30.9. The lowest BCUT2D eigenvalue weighted by molar-refractivity contribution is -0.661. The lowest BCUT2D eigenvalue weighted by atomic mass is 10.0. The van der Waals surface area contributed by atoms with E-state index in [1.165, 1.54) is 120 Å². The highest BCUT2D eigenvalue weighted by atomic mass is 14.9. The third-order valence-electron chi connectivity index (χ3n) is 19.0. The molecule has 6 aromatic carbocycles. The molecule has 0 unspecified atom stereocenters. The molecular formula is C95H118N6+6. The number of aromatic nitrogens is 6. The number of nitrogens with zero attached hydrogens (tertiary/aromatic N) is 6. The molecule has 522 valence electrons. The minimum absolute atomic E-state index is 0.0554. The third kappa shape index (κ3) is 20.2. The molecule has 0 bridgehead atoms. The molecule has 0 aliphatic carbocycles. The van der Waals surface area contributed by atoms with Crippen molar-refractivity contribution in [2.24, 2.45) is 42.3 Å². The van der Waals surface area contributed by atoms with Crippen LogP contribution in [0.5, 0.6) is 0 Å². The zero-order valence-corrected chi connectivity index (χ0v) is 64.1. The van der Waals surface area contributed by atoms with Crippen molar-refractivity contribution in [3.8, 4) is 67.5 Å². The lowest BCUT2D eigenvalue weighted by Crippen LogP contribution is -2.32. The van der Waals surface area contributed by atoms with Crippen molar-refractivity contribution in [1.82, 2.24) is 0 Å². The van der Waals surface area contributed by atoms with Gasteiger partial charge in [-0.05, 0) is 225 Å². The van der Waals surface area contributed by atoms with Crippen molar-refractivity contribution in [3.05, 3.63) is 319 Å². The monoisotopic (exact) mass is 1360 g/mol. The number of rotatable bonds is 11. The second kappa shape index (κ2) is 37.1. The Labute approximate surface area is 628 Å². The highest BCUT2D eigenvalue weighted by Crippen LogP contribution is 2.28. The molecular weight excluding hydrogens is 1230 g/mol. The summed E-state index contributed by atoms with van der Waals surface area (Å²) in [7, 11) is 11.8. The Kier molecular flexibility index (Phi) is 22.4. The van der Waals surface area contributed by atoms with Crippen molar-refractivity contribution in [3.63, 3.8) is 0 Å². The summed E-state index contributed by atoms with van der Waals surface area (Å²) < 4.78 is 113. The number of hydrogen-bond acceptors (Lipinski definition) is 0. The summed E-state index contributed by atoms with van der Waals surface area (Å²) in [6, 6.07) is 61.4. The summed E-state index contributed by atoms with van der Waals surface area (Å²) in [5.74, 6) is 0. The van der Waals surface area contributed by atoms with Crippen LogP contribution in [0.3, 0.4) is 0 Å². The second-order valence-electron chi connectivity index (χ2n) is 26.4. The predicted molar refractivity (Wildman–Crippen MR) is 427 cm³/mol. The fraction of sp³-hybridized carbons (Fsp3) is 0.305. The van der Waals surface area contributed by atoms with Crippen molar-refractivity contribution in [2.75, 3.05) is 0 Å². The van der Waals surface area contributed by atoms with Gasteiger partial charge < -0.3 is 0 Å². The van der Waals surface area contributed by atoms with Crippen LogP contribution in [0, 0.1) is 89.8 Å². The van der Waals surface area contributed by atoms with Gasteiger partial charge in [0.2, 0.25) is 34.2 Å². The molecule has 0 aliphatic rings. The summed E-state index contributed by atoms with van der Waals surface area (Å²) in [5, 5.41) is 0. The van der Waals surface area contributed by atoms with Gasteiger partial charge >= 0.3 is 0 Å². The van der Waals surface area contributed by atoms with Crippen LogP contribution in [-0.4, -0.2) is 0 Å². The van der Waals surface area contributed by atoms with E-state index in [1.54, 1.807) is 36.2 Å². The minimum Gasteiger partial charge on any atom is -0.201 e. The molecule has 0 radical (unpaired) electrons. The van der Waals surface area contributed by atoms with Crippen molar-refractivity contribution < 1.29 is 45.2 Å². The molecule has 0 saturated heterocycles. The van der Waals surface area contributed by atoms with Crippen molar-refractivity contribution in [2.45, 2.75) is 156 Å². The van der Waals surface area contributed by atoms with Crippen LogP contribution in [0.2, 0.25) is 0 Å². The molecule has 12 rings (SSSR count). The molecule has 6 nitrogen and oxygen atoms in total. The van der Waals surface area contributed by atoms with E-state index in [0.717, 1.165) is 64.0 Å². The molecule has 101 heavy (non-hydrogen) atoms. The fourth-order valence-corrected chi connectivity index (χ4v) is 12.8. The number of aryl methyl sites for hydroxylation is 24. The smallest absolute Gasteiger partial charge is 0.201 e. The van der Waals surface area contributed by atoms with Gasteiger partial charge in [-0.25, -0.2) is 27.4 Å². The van der Waals surface area contributed by atoms with E-state index in [1.807, 2.05) is 99.2 Å². The summed E-state index contributed by atoms with van der Waals surface area (Å²) >= 11 is 0. The zero-order chi connectivity index (χ0) is 84.9. The van der Waals surface area contributed by atoms with Gasteiger partial charge in [0.15, 0.2) is 37.2 Å². The summed E-state index contributed by atoms with van der Waals surface area (Å²) in [6.45, 7) is 23.4. The molecule has 0 spiro atoms. The largest absolute Gasteiger partial charge is 0.212 e. The first-order chi connectivity index (χ1) is 53.2. The number of benzene rings is 6. The lowest BCUT2D eigenvalue weighted by Gasteiger charge is -2.07. The quantitative estimate of drug-likeness (QED) is 0.115. The van der Waals surface area contributed by atoms with E-state index in [4.69, 9.17) is 17.8 Å². The topological polar surface area (TPSA) is 23.3 Å². The van der Waals surface area contributed by atoms with Crippen LogP contribution < -0.4 is 27.4 Å². The van der Waals surface area contributed by atoms with E-state index in [2.05, 4.69) is 232 Å². The predicted octanol–water partition coefficient (Wildman–Crippen LogP) is 19.9. The normalized spacial score (nSPS) is 13.1. The van der Waals surface area contributed by atoms with Gasteiger partial charge in [-0.15, -0.1) is 0 Å². The van der Waals surface area contributed by atoms with Crippen LogP contribution in [0.15, 0.2) is 219 Å². The van der Waals surface area contributed by atoms with Crippen LogP contribution in [0.25, 0.3) is 67.5 Å². The van der Waals surface area contributed by atoms with Gasteiger partial charge in [-0.2, -0.15) is 0 Å². The van der Waals surface area contributed by atoms with Crippen LogP contribution in [0.4, 0.5) is 0 Å². The molecule has 6 aromatic heterocycles. The maximum Gasteiger partial charge on any atom is 0.212 e. The van der Waals surface area contributed by atoms with E-state index >= 15 is 0 Å². The molecule has 0 fully saturated rings. The molecule has 0 saturated carbocycles.